The molecule has 6 nitrogen and oxygen atoms in total. The highest BCUT2D eigenvalue weighted by Gasteiger charge is 2.16. The molecule has 1 aromatic rings. The van der Waals surface area contributed by atoms with Crippen LogP contribution in [-0.2, 0) is 14.8 Å². The number of sulfonamides is 1. The molecule has 9 heteroatoms. The van der Waals surface area contributed by atoms with Gasteiger partial charge in [-0.05, 0) is 6.42 Å². The molecule has 0 aliphatic carbocycles. The summed E-state index contributed by atoms with van der Waals surface area (Å²) in [5, 5.41) is 8.45. The van der Waals surface area contributed by atoms with E-state index in [0.29, 0.717) is 13.0 Å². The molecule has 0 atom stereocenters. The summed E-state index contributed by atoms with van der Waals surface area (Å²) in [7, 11) is -3.52. The lowest BCUT2D eigenvalue weighted by Gasteiger charge is -2.04. The highest BCUT2D eigenvalue weighted by atomic mass is 35.5. The predicted octanol–water partition coefficient (Wildman–Crippen LogP) is 0.474. The third kappa shape index (κ3) is 5.28. The standard InChI is InChI=1S/C8H13ClN2O4S2/c9-8-10-6-7(16-8)17(13,14)11-2-1-4-15-5-3-12/h6,11-12H,1-5H2. The van der Waals surface area contributed by atoms with Crippen LogP contribution < -0.4 is 4.72 Å². The number of aliphatic hydroxyl groups is 1. The molecule has 0 radical (unpaired) electrons. The summed E-state index contributed by atoms with van der Waals surface area (Å²) >= 11 is 6.46. The van der Waals surface area contributed by atoms with Crippen molar-refractivity contribution in [3.05, 3.63) is 10.7 Å². The van der Waals surface area contributed by atoms with Gasteiger partial charge in [0.05, 0.1) is 19.4 Å². The summed E-state index contributed by atoms with van der Waals surface area (Å²) < 4.78 is 31.0. The van der Waals surface area contributed by atoms with Gasteiger partial charge in [0.2, 0.25) is 0 Å². The highest BCUT2D eigenvalue weighted by molar-refractivity contribution is 7.91. The van der Waals surface area contributed by atoms with Gasteiger partial charge in [-0.2, -0.15) is 0 Å². The Hall–Kier alpha value is -0.250. The van der Waals surface area contributed by atoms with Gasteiger partial charge in [-0.1, -0.05) is 22.9 Å². The maximum absolute atomic E-state index is 11.7. The lowest BCUT2D eigenvalue weighted by Crippen LogP contribution is -2.25. The Kier molecular flexibility index (Phi) is 6.31. The van der Waals surface area contributed by atoms with E-state index in [-0.39, 0.29) is 28.4 Å². The van der Waals surface area contributed by atoms with Crippen molar-refractivity contribution in [3.8, 4) is 0 Å². The van der Waals surface area contributed by atoms with Crippen molar-refractivity contribution in [1.82, 2.24) is 9.71 Å². The van der Waals surface area contributed by atoms with Crippen LogP contribution in [0.15, 0.2) is 10.4 Å². The number of rotatable bonds is 8. The molecule has 0 saturated heterocycles. The van der Waals surface area contributed by atoms with E-state index in [1.165, 1.54) is 6.20 Å². The van der Waals surface area contributed by atoms with Crippen molar-refractivity contribution < 1.29 is 18.3 Å². The number of aliphatic hydroxyl groups excluding tert-OH is 1. The molecule has 0 aliphatic rings. The van der Waals surface area contributed by atoms with Gasteiger partial charge in [-0.25, -0.2) is 18.1 Å². The van der Waals surface area contributed by atoms with E-state index in [0.717, 1.165) is 11.3 Å². The molecule has 0 aliphatic heterocycles. The number of aromatic nitrogens is 1. The zero-order valence-electron chi connectivity index (χ0n) is 8.93. The first-order valence-electron chi connectivity index (χ1n) is 4.86. The van der Waals surface area contributed by atoms with Crippen LogP contribution in [0, 0.1) is 0 Å². The number of thiazole rings is 1. The molecule has 0 saturated carbocycles. The topological polar surface area (TPSA) is 88.5 Å². The van der Waals surface area contributed by atoms with Crippen molar-refractivity contribution in [2.45, 2.75) is 10.6 Å². The van der Waals surface area contributed by atoms with Crippen LogP contribution >= 0.6 is 22.9 Å². The van der Waals surface area contributed by atoms with Gasteiger partial charge in [-0.3, -0.25) is 0 Å². The molecule has 2 N–H and O–H groups in total. The molecule has 17 heavy (non-hydrogen) atoms. The van der Waals surface area contributed by atoms with Crippen molar-refractivity contribution in [2.24, 2.45) is 0 Å². The van der Waals surface area contributed by atoms with Crippen molar-refractivity contribution in [2.75, 3.05) is 26.4 Å². The summed E-state index contributed by atoms with van der Waals surface area (Å²) in [6.07, 6.45) is 1.75. The summed E-state index contributed by atoms with van der Waals surface area (Å²) in [5.41, 5.74) is 0. The first-order valence-corrected chi connectivity index (χ1v) is 7.53. The fourth-order valence-corrected chi connectivity index (χ4v) is 3.39. The number of nitrogens with one attached hydrogen (secondary N) is 1. The first-order chi connectivity index (χ1) is 8.06. The molecule has 0 fully saturated rings. The summed E-state index contributed by atoms with van der Waals surface area (Å²) in [6, 6.07) is 0. The maximum Gasteiger partial charge on any atom is 0.251 e. The minimum absolute atomic E-state index is 0.0366. The van der Waals surface area contributed by atoms with Crippen molar-refractivity contribution >= 4 is 33.0 Å². The minimum Gasteiger partial charge on any atom is -0.394 e. The van der Waals surface area contributed by atoms with Crippen LogP contribution in [0.3, 0.4) is 0 Å². The maximum atomic E-state index is 11.7. The van der Waals surface area contributed by atoms with Crippen molar-refractivity contribution in [3.63, 3.8) is 0 Å². The second-order valence-corrected chi connectivity index (χ2v) is 6.63. The largest absolute Gasteiger partial charge is 0.394 e. The molecule has 1 rings (SSSR count). The van der Waals surface area contributed by atoms with E-state index in [1.54, 1.807) is 0 Å². The van der Waals surface area contributed by atoms with Gasteiger partial charge in [0.1, 0.15) is 0 Å². The van der Waals surface area contributed by atoms with Crippen LogP contribution in [0.5, 0.6) is 0 Å². The molecule has 0 unspecified atom stereocenters. The lowest BCUT2D eigenvalue weighted by atomic mass is 10.5. The SMILES string of the molecule is O=S(=O)(NCCCOCCO)c1cnc(Cl)s1. The van der Waals surface area contributed by atoms with E-state index in [9.17, 15) is 8.42 Å². The van der Waals surface area contributed by atoms with Gasteiger partial charge < -0.3 is 9.84 Å². The molecule has 98 valence electrons. The Morgan fingerprint density at radius 3 is 2.88 bits per heavy atom. The fraction of sp³-hybridized carbons (Fsp3) is 0.625. The number of hydrogen-bond donors (Lipinski definition) is 2. The van der Waals surface area contributed by atoms with E-state index >= 15 is 0 Å². The van der Waals surface area contributed by atoms with Gasteiger partial charge >= 0.3 is 0 Å². The lowest BCUT2D eigenvalue weighted by molar-refractivity contribution is 0.0913. The third-order valence-corrected chi connectivity index (χ3v) is 4.75. The van der Waals surface area contributed by atoms with Gasteiger partial charge in [-0.15, -0.1) is 0 Å². The molecule has 1 aromatic heterocycles. The molecular formula is C8H13ClN2O4S2. The van der Waals surface area contributed by atoms with Gasteiger partial charge in [0.15, 0.2) is 8.68 Å². The molecule has 0 aromatic carbocycles. The zero-order chi connectivity index (χ0) is 12.7. The molecule has 0 amide bonds. The third-order valence-electron chi connectivity index (χ3n) is 1.71. The van der Waals surface area contributed by atoms with E-state index in [1.807, 2.05) is 0 Å². The summed E-state index contributed by atoms with van der Waals surface area (Å²) in [6.45, 7) is 0.887. The highest BCUT2D eigenvalue weighted by Crippen LogP contribution is 2.21. The second kappa shape index (κ2) is 7.24. The normalized spacial score (nSPS) is 11.9. The number of nitrogens with zero attached hydrogens (tertiary/aromatic N) is 1. The summed E-state index contributed by atoms with van der Waals surface area (Å²) in [5.74, 6) is 0. The molecule has 0 spiro atoms. The monoisotopic (exact) mass is 300 g/mol. The minimum atomic E-state index is -3.52. The quantitative estimate of drug-likeness (QED) is 0.682. The van der Waals surface area contributed by atoms with E-state index in [2.05, 4.69) is 9.71 Å². The van der Waals surface area contributed by atoms with Gasteiger partial charge in [0, 0.05) is 13.2 Å². The summed E-state index contributed by atoms with van der Waals surface area (Å²) in [4.78, 5) is 3.66. The molecule has 1 heterocycles. The Balaban J connectivity index is 2.31. The van der Waals surface area contributed by atoms with Crippen LogP contribution in [0.2, 0.25) is 4.47 Å². The van der Waals surface area contributed by atoms with Crippen LogP contribution in [0.1, 0.15) is 6.42 Å². The van der Waals surface area contributed by atoms with Crippen molar-refractivity contribution in [1.29, 1.82) is 0 Å². The predicted molar refractivity (Wildman–Crippen MR) is 64.8 cm³/mol. The number of hydrogen-bond acceptors (Lipinski definition) is 6. The molecular weight excluding hydrogens is 288 g/mol. The number of halogens is 1. The Morgan fingerprint density at radius 1 is 1.53 bits per heavy atom. The van der Waals surface area contributed by atoms with Gasteiger partial charge in [0.25, 0.3) is 10.0 Å². The first kappa shape index (κ1) is 14.8. The Labute approximate surface area is 109 Å². The fourth-order valence-electron chi connectivity index (χ4n) is 0.982. The van der Waals surface area contributed by atoms with Crippen LogP contribution in [0.4, 0.5) is 0 Å². The van der Waals surface area contributed by atoms with E-state index < -0.39 is 10.0 Å². The van der Waals surface area contributed by atoms with E-state index in [4.69, 9.17) is 21.4 Å². The second-order valence-electron chi connectivity index (χ2n) is 3.02. The van der Waals surface area contributed by atoms with Crippen LogP contribution in [0.25, 0.3) is 0 Å². The Morgan fingerprint density at radius 2 is 2.29 bits per heavy atom. The van der Waals surface area contributed by atoms with Crippen LogP contribution in [-0.4, -0.2) is 44.9 Å². The average Bonchev–Trinajstić information content (AvgIpc) is 2.71. The smallest absolute Gasteiger partial charge is 0.251 e. The average molecular weight is 301 g/mol. The zero-order valence-corrected chi connectivity index (χ0v) is 11.3. The Bertz CT molecular complexity index is 434. The molecule has 0 bridgehead atoms. The number of ether oxygens (including phenoxy) is 1.